The summed E-state index contributed by atoms with van der Waals surface area (Å²) in [6.45, 7) is 3.74. The average molecular weight is 555 g/mol. The summed E-state index contributed by atoms with van der Waals surface area (Å²) >= 11 is 0. The minimum atomic E-state index is -0.934. The molecule has 0 amide bonds. The molecule has 0 aliphatic carbocycles. The normalized spacial score (nSPS) is 11.8. The van der Waals surface area contributed by atoms with Crippen molar-refractivity contribution in [1.82, 2.24) is 0 Å². The minimum absolute atomic E-state index is 0.0774. The second-order valence-corrected chi connectivity index (χ2v) is 11.4. The van der Waals surface area contributed by atoms with Gasteiger partial charge in [0, 0.05) is 0 Å². The van der Waals surface area contributed by atoms with Crippen molar-refractivity contribution < 1.29 is 34.2 Å². The molecule has 7 nitrogen and oxygen atoms in total. The van der Waals surface area contributed by atoms with Crippen molar-refractivity contribution in [3.8, 4) is 0 Å². The lowest BCUT2D eigenvalue weighted by molar-refractivity contribution is -0.927. The van der Waals surface area contributed by atoms with Gasteiger partial charge in [-0.05, 0) is 38.5 Å². The maximum absolute atomic E-state index is 11.1. The summed E-state index contributed by atoms with van der Waals surface area (Å²) in [5.74, 6) is -2.80. The van der Waals surface area contributed by atoms with E-state index in [1.54, 1.807) is 0 Å². The zero-order valence-electron chi connectivity index (χ0n) is 25.1. The fraction of sp³-hybridized carbons (Fsp3) is 0.844. The van der Waals surface area contributed by atoms with Gasteiger partial charge in [-0.25, -0.2) is 0 Å². The number of carbonyl (C=O) groups is 3. The summed E-state index contributed by atoms with van der Waals surface area (Å²) in [5.41, 5.74) is 0. The highest BCUT2D eigenvalue weighted by molar-refractivity contribution is 5.67. The molecule has 0 saturated carbocycles. The number of aliphatic carboxylic acids is 3. The molecule has 0 bridgehead atoms. The third-order valence-electron chi connectivity index (χ3n) is 7.79. The molecule has 0 spiro atoms. The first-order valence-electron chi connectivity index (χ1n) is 16.0. The van der Waals surface area contributed by atoms with Gasteiger partial charge in [0.1, 0.15) is 0 Å². The van der Waals surface area contributed by atoms with Crippen molar-refractivity contribution in [3.63, 3.8) is 0 Å². The summed E-state index contributed by atoms with van der Waals surface area (Å²) in [6, 6.07) is 0. The molecule has 228 valence electrons. The van der Waals surface area contributed by atoms with E-state index in [9.17, 15) is 14.4 Å². The first-order chi connectivity index (χ1) is 18.8. The van der Waals surface area contributed by atoms with Gasteiger partial charge in [-0.1, -0.05) is 103 Å². The average Bonchev–Trinajstić information content (AvgIpc) is 2.90. The lowest BCUT2D eigenvalue weighted by Crippen LogP contribution is -2.52. The number of quaternary nitrogens is 1. The van der Waals surface area contributed by atoms with Crippen LogP contribution in [0.4, 0.5) is 0 Å². The molecular weight excluding hydrogens is 494 g/mol. The van der Waals surface area contributed by atoms with Gasteiger partial charge in [-0.3, -0.25) is 14.4 Å². The van der Waals surface area contributed by atoms with Crippen molar-refractivity contribution in [2.75, 3.05) is 26.2 Å². The highest BCUT2D eigenvalue weighted by Gasteiger charge is 2.29. The fourth-order valence-corrected chi connectivity index (χ4v) is 5.25. The Morgan fingerprint density at radius 3 is 1.10 bits per heavy atom. The number of nitrogens with zero attached hydrogens (tertiary/aromatic N) is 1. The quantitative estimate of drug-likeness (QED) is 0.0468. The van der Waals surface area contributed by atoms with Crippen LogP contribution in [0.5, 0.6) is 0 Å². The molecule has 3 N–H and O–H groups in total. The summed E-state index contributed by atoms with van der Waals surface area (Å²) in [5, 5.41) is 27.4. The maximum Gasteiger partial charge on any atom is 0.309 e. The SMILES string of the molecule is CCCCCCCCCCCCC/C=C/CCCCCCCC[N+](CCC(=O)O)(CCC(=O)O)CCC(=O)O. The largest absolute Gasteiger partial charge is 0.481 e. The molecule has 0 saturated heterocycles. The maximum atomic E-state index is 11.1. The smallest absolute Gasteiger partial charge is 0.309 e. The van der Waals surface area contributed by atoms with E-state index in [4.69, 9.17) is 15.3 Å². The van der Waals surface area contributed by atoms with Crippen LogP contribution in [0.15, 0.2) is 12.2 Å². The zero-order chi connectivity index (χ0) is 29.0. The van der Waals surface area contributed by atoms with Crippen molar-refractivity contribution >= 4 is 17.9 Å². The molecule has 0 aromatic carbocycles. The van der Waals surface area contributed by atoms with Gasteiger partial charge >= 0.3 is 17.9 Å². The van der Waals surface area contributed by atoms with E-state index >= 15 is 0 Å². The Morgan fingerprint density at radius 2 is 0.769 bits per heavy atom. The summed E-state index contributed by atoms with van der Waals surface area (Å²) < 4.78 is 0.259. The van der Waals surface area contributed by atoms with E-state index in [1.807, 2.05) is 0 Å². The number of carboxylic acids is 3. The molecule has 0 aliphatic rings. The van der Waals surface area contributed by atoms with Crippen LogP contribution in [0.25, 0.3) is 0 Å². The van der Waals surface area contributed by atoms with E-state index in [1.165, 1.54) is 89.9 Å². The van der Waals surface area contributed by atoms with E-state index in [-0.39, 0.29) is 43.4 Å². The van der Waals surface area contributed by atoms with Gasteiger partial charge in [0.15, 0.2) is 0 Å². The highest BCUT2D eigenvalue weighted by atomic mass is 16.4. The van der Waals surface area contributed by atoms with Crippen LogP contribution in [-0.2, 0) is 14.4 Å². The third-order valence-corrected chi connectivity index (χ3v) is 7.79. The van der Waals surface area contributed by atoms with E-state index in [2.05, 4.69) is 19.1 Å². The number of unbranched alkanes of at least 4 members (excludes halogenated alkanes) is 17. The lowest BCUT2D eigenvalue weighted by atomic mass is 10.0. The van der Waals surface area contributed by atoms with Crippen LogP contribution in [0, 0.1) is 0 Å². The van der Waals surface area contributed by atoms with Crippen LogP contribution in [0.2, 0.25) is 0 Å². The Hall–Kier alpha value is -1.89. The van der Waals surface area contributed by atoms with Gasteiger partial charge in [-0.2, -0.15) is 0 Å². The van der Waals surface area contributed by atoms with Gasteiger partial charge in [0.25, 0.3) is 0 Å². The molecule has 0 heterocycles. The molecule has 0 atom stereocenters. The van der Waals surface area contributed by atoms with Crippen LogP contribution in [-0.4, -0.2) is 63.9 Å². The topological polar surface area (TPSA) is 112 Å². The second kappa shape index (κ2) is 26.3. The monoisotopic (exact) mass is 554 g/mol. The van der Waals surface area contributed by atoms with Gasteiger partial charge in [-0.15, -0.1) is 0 Å². The van der Waals surface area contributed by atoms with Crippen LogP contribution >= 0.6 is 0 Å². The first-order valence-corrected chi connectivity index (χ1v) is 16.0. The van der Waals surface area contributed by atoms with E-state index < -0.39 is 17.9 Å². The van der Waals surface area contributed by atoms with Gasteiger partial charge < -0.3 is 19.8 Å². The number of rotatable bonds is 30. The van der Waals surface area contributed by atoms with Crippen LogP contribution in [0.3, 0.4) is 0 Å². The second-order valence-electron chi connectivity index (χ2n) is 11.4. The number of carboxylic acid groups (broad SMARTS) is 3. The molecule has 7 heteroatoms. The summed E-state index contributed by atoms with van der Waals surface area (Å²) in [7, 11) is 0. The molecule has 0 aromatic heterocycles. The van der Waals surface area contributed by atoms with Crippen molar-refractivity contribution in [1.29, 1.82) is 0 Å². The lowest BCUT2D eigenvalue weighted by Gasteiger charge is -2.38. The molecule has 0 radical (unpaired) electrons. The molecule has 39 heavy (non-hydrogen) atoms. The predicted molar refractivity (Wildman–Crippen MR) is 159 cm³/mol. The molecule has 0 aliphatic heterocycles. The molecule has 0 unspecified atom stereocenters. The van der Waals surface area contributed by atoms with Gasteiger partial charge in [0.05, 0.1) is 45.4 Å². The zero-order valence-corrected chi connectivity index (χ0v) is 25.1. The fourth-order valence-electron chi connectivity index (χ4n) is 5.25. The van der Waals surface area contributed by atoms with Crippen LogP contribution < -0.4 is 0 Å². The Kier molecular flexibility index (Phi) is 25.1. The summed E-state index contributed by atoms with van der Waals surface area (Å²) in [4.78, 5) is 33.4. The van der Waals surface area contributed by atoms with Gasteiger partial charge in [0.2, 0.25) is 0 Å². The first kappa shape index (κ1) is 37.1. The Bertz CT molecular complexity index is 603. The Morgan fingerprint density at radius 1 is 0.462 bits per heavy atom. The third kappa shape index (κ3) is 26.1. The number of allylic oxidation sites excluding steroid dienone is 2. The molecular formula is C32H60NO6+. The highest BCUT2D eigenvalue weighted by Crippen LogP contribution is 2.17. The van der Waals surface area contributed by atoms with E-state index in [0.29, 0.717) is 6.54 Å². The Balaban J connectivity index is 3.90. The number of hydrogen-bond acceptors (Lipinski definition) is 3. The molecule has 0 fully saturated rings. The summed E-state index contributed by atoms with van der Waals surface area (Å²) in [6.07, 6.45) is 28.5. The standard InChI is InChI=1S/C32H59NO6/c1-2-3-4-5-6-7-8-9-10-11-12-13-14-15-16-17-18-19-20-21-22-26-33(27-23-30(34)35,28-24-31(36)37)29-25-32(38)39/h14-15H,2-13,16-29H2,1H3,(H2-,34,35,36,37,38,39)/p+1/b15-14+. The minimum Gasteiger partial charge on any atom is -0.481 e. The van der Waals surface area contributed by atoms with E-state index in [0.717, 1.165) is 32.1 Å². The van der Waals surface area contributed by atoms with Crippen molar-refractivity contribution in [2.45, 2.75) is 148 Å². The van der Waals surface area contributed by atoms with Crippen LogP contribution in [0.1, 0.15) is 148 Å². The van der Waals surface area contributed by atoms with Crippen molar-refractivity contribution in [2.24, 2.45) is 0 Å². The number of hydrogen-bond donors (Lipinski definition) is 3. The Labute approximate surface area is 238 Å². The molecule has 0 aromatic rings. The molecule has 0 rings (SSSR count). The predicted octanol–water partition coefficient (Wildman–Crippen LogP) is 8.22. The van der Waals surface area contributed by atoms with Crippen molar-refractivity contribution in [3.05, 3.63) is 12.2 Å².